The van der Waals surface area contributed by atoms with Crippen LogP contribution >= 0.6 is 0 Å². The fraction of sp³-hybridized carbons (Fsp3) is 0.611. The van der Waals surface area contributed by atoms with E-state index in [0.29, 0.717) is 18.4 Å². The first-order chi connectivity index (χ1) is 11.2. The third-order valence-electron chi connectivity index (χ3n) is 3.40. The van der Waals surface area contributed by atoms with Gasteiger partial charge in [-0.05, 0) is 51.9 Å². The average Bonchev–Trinajstić information content (AvgIpc) is 2.80. The van der Waals surface area contributed by atoms with Crippen LogP contribution in [0.2, 0.25) is 19.6 Å². The van der Waals surface area contributed by atoms with Crippen LogP contribution in [0, 0.1) is 0 Å². The molecule has 0 spiro atoms. The SMILES string of the molecule is CCOC(=O)C(=O)CCCCC=CC1=CC(O[Si](C)(C)C)CC1=O. The number of hydrogen-bond donors (Lipinski definition) is 0. The third kappa shape index (κ3) is 7.83. The largest absolute Gasteiger partial charge is 0.460 e. The van der Waals surface area contributed by atoms with E-state index >= 15 is 0 Å². The standard InChI is InChI=1S/C18H28O5Si/c1-5-22-18(21)16(19)11-9-7-6-8-10-14-12-15(13-17(14)20)23-24(2,3)4/h8,10,12,15H,5-7,9,11,13H2,1-4H3. The zero-order valence-corrected chi connectivity index (χ0v) is 16.1. The van der Waals surface area contributed by atoms with Crippen molar-refractivity contribution in [1.82, 2.24) is 0 Å². The van der Waals surface area contributed by atoms with Crippen LogP contribution in [0.25, 0.3) is 0 Å². The van der Waals surface area contributed by atoms with Gasteiger partial charge in [-0.2, -0.15) is 0 Å². The number of ketones is 2. The van der Waals surface area contributed by atoms with Crippen molar-refractivity contribution >= 4 is 25.9 Å². The average molecular weight is 353 g/mol. The van der Waals surface area contributed by atoms with Crippen LogP contribution in [-0.4, -0.2) is 38.6 Å². The maximum Gasteiger partial charge on any atom is 0.374 e. The Morgan fingerprint density at radius 3 is 2.62 bits per heavy atom. The molecular formula is C18H28O5Si. The van der Waals surface area contributed by atoms with Gasteiger partial charge in [0.2, 0.25) is 5.78 Å². The molecule has 0 aromatic rings. The molecule has 0 aliphatic heterocycles. The molecule has 0 aromatic heterocycles. The van der Waals surface area contributed by atoms with Crippen LogP contribution in [0.1, 0.15) is 39.0 Å². The Labute approximate surface area is 145 Å². The maximum atomic E-state index is 11.9. The highest BCUT2D eigenvalue weighted by Crippen LogP contribution is 2.22. The van der Waals surface area contributed by atoms with E-state index in [4.69, 9.17) is 4.43 Å². The lowest BCUT2D eigenvalue weighted by atomic mass is 10.1. The quantitative estimate of drug-likeness (QED) is 0.261. The van der Waals surface area contributed by atoms with Crippen LogP contribution in [0.3, 0.4) is 0 Å². The Kier molecular flexibility index (Phi) is 8.28. The fourth-order valence-corrected chi connectivity index (χ4v) is 3.46. The topological polar surface area (TPSA) is 69.7 Å². The Balaban J connectivity index is 2.30. The van der Waals surface area contributed by atoms with E-state index in [1.165, 1.54) is 0 Å². The van der Waals surface area contributed by atoms with Crippen molar-refractivity contribution in [3.8, 4) is 0 Å². The first-order valence-corrected chi connectivity index (χ1v) is 11.9. The minimum atomic E-state index is -1.65. The molecule has 0 radical (unpaired) electrons. The number of rotatable bonds is 10. The number of Topliss-reactive ketones (excluding diaryl/α,β-unsaturated/α-hetero) is 2. The number of carbonyl (C=O) groups is 3. The molecule has 1 unspecified atom stereocenters. The van der Waals surface area contributed by atoms with E-state index in [1.807, 2.05) is 18.2 Å². The van der Waals surface area contributed by atoms with Crippen molar-refractivity contribution in [3.63, 3.8) is 0 Å². The Morgan fingerprint density at radius 1 is 1.29 bits per heavy atom. The van der Waals surface area contributed by atoms with Crippen LogP contribution in [0.4, 0.5) is 0 Å². The lowest BCUT2D eigenvalue weighted by Crippen LogP contribution is -2.30. The molecule has 1 atom stereocenters. The van der Waals surface area contributed by atoms with Gasteiger partial charge in [-0.3, -0.25) is 9.59 Å². The van der Waals surface area contributed by atoms with E-state index < -0.39 is 20.1 Å². The highest BCUT2D eigenvalue weighted by molar-refractivity contribution is 6.69. The lowest BCUT2D eigenvalue weighted by molar-refractivity contribution is -0.153. The first-order valence-electron chi connectivity index (χ1n) is 8.52. The van der Waals surface area contributed by atoms with E-state index in [9.17, 15) is 14.4 Å². The number of allylic oxidation sites excluding steroid dienone is 3. The van der Waals surface area contributed by atoms with Crippen LogP contribution in [0.5, 0.6) is 0 Å². The van der Waals surface area contributed by atoms with Gasteiger partial charge in [-0.25, -0.2) is 4.79 Å². The van der Waals surface area contributed by atoms with Crippen molar-refractivity contribution in [2.75, 3.05) is 6.61 Å². The fourth-order valence-electron chi connectivity index (χ4n) is 2.40. The van der Waals surface area contributed by atoms with Crippen LogP contribution < -0.4 is 0 Å². The molecule has 0 aromatic carbocycles. The molecule has 0 fully saturated rings. The summed E-state index contributed by atoms with van der Waals surface area (Å²) in [6, 6.07) is 0. The molecule has 0 saturated heterocycles. The molecule has 0 N–H and O–H groups in total. The molecule has 1 aliphatic rings. The van der Waals surface area contributed by atoms with Crippen molar-refractivity contribution in [1.29, 1.82) is 0 Å². The van der Waals surface area contributed by atoms with Gasteiger partial charge in [0.1, 0.15) is 0 Å². The molecule has 24 heavy (non-hydrogen) atoms. The van der Waals surface area contributed by atoms with Crippen LogP contribution in [-0.2, 0) is 23.5 Å². The minimum Gasteiger partial charge on any atom is -0.460 e. The first kappa shape index (κ1) is 20.5. The molecule has 134 valence electrons. The molecular weight excluding hydrogens is 324 g/mol. The summed E-state index contributed by atoms with van der Waals surface area (Å²) in [5, 5.41) is 0. The monoisotopic (exact) mass is 352 g/mol. The minimum absolute atomic E-state index is 0.0917. The summed E-state index contributed by atoms with van der Waals surface area (Å²) in [6.45, 7) is 8.22. The van der Waals surface area contributed by atoms with Crippen molar-refractivity contribution in [2.24, 2.45) is 0 Å². The highest BCUT2D eigenvalue weighted by Gasteiger charge is 2.27. The summed E-state index contributed by atoms with van der Waals surface area (Å²) in [5.41, 5.74) is 0.709. The molecule has 6 heteroatoms. The molecule has 1 rings (SSSR count). The predicted molar refractivity (Wildman–Crippen MR) is 95.2 cm³/mol. The van der Waals surface area contributed by atoms with Gasteiger partial charge in [0.15, 0.2) is 14.1 Å². The lowest BCUT2D eigenvalue weighted by Gasteiger charge is -2.21. The second kappa shape index (κ2) is 9.69. The number of unbranched alkanes of at least 4 members (excludes halogenated alkanes) is 2. The van der Waals surface area contributed by atoms with Gasteiger partial charge in [0.05, 0.1) is 12.7 Å². The molecule has 0 heterocycles. The molecule has 0 bridgehead atoms. The van der Waals surface area contributed by atoms with Gasteiger partial charge < -0.3 is 9.16 Å². The Bertz CT molecular complexity index is 528. The van der Waals surface area contributed by atoms with Crippen LogP contribution in [0.15, 0.2) is 23.8 Å². The summed E-state index contributed by atoms with van der Waals surface area (Å²) in [7, 11) is -1.65. The third-order valence-corrected chi connectivity index (χ3v) is 4.41. The summed E-state index contributed by atoms with van der Waals surface area (Å²) < 4.78 is 10.6. The highest BCUT2D eigenvalue weighted by atomic mass is 28.4. The molecule has 0 amide bonds. The Morgan fingerprint density at radius 2 is 2.00 bits per heavy atom. The molecule has 1 aliphatic carbocycles. The van der Waals surface area contributed by atoms with Gasteiger partial charge in [-0.1, -0.05) is 12.2 Å². The predicted octanol–water partition coefficient (Wildman–Crippen LogP) is 3.35. The number of hydrogen-bond acceptors (Lipinski definition) is 5. The number of carbonyl (C=O) groups excluding carboxylic acids is 3. The van der Waals surface area contributed by atoms with Gasteiger partial charge in [0, 0.05) is 18.4 Å². The smallest absolute Gasteiger partial charge is 0.374 e. The number of ether oxygens (including phenoxy) is 1. The zero-order chi connectivity index (χ0) is 18.2. The zero-order valence-electron chi connectivity index (χ0n) is 15.1. The second-order valence-corrected chi connectivity index (χ2v) is 11.3. The summed E-state index contributed by atoms with van der Waals surface area (Å²) in [6.07, 6.45) is 8.42. The van der Waals surface area contributed by atoms with Crippen molar-refractivity contribution in [2.45, 2.75) is 64.8 Å². The van der Waals surface area contributed by atoms with Crippen molar-refractivity contribution < 1.29 is 23.5 Å². The summed E-state index contributed by atoms with van der Waals surface area (Å²) in [4.78, 5) is 34.5. The van der Waals surface area contributed by atoms with E-state index in [2.05, 4.69) is 24.4 Å². The Hall–Kier alpha value is -1.53. The van der Waals surface area contributed by atoms with Crippen molar-refractivity contribution in [3.05, 3.63) is 23.8 Å². The summed E-state index contributed by atoms with van der Waals surface area (Å²) >= 11 is 0. The van der Waals surface area contributed by atoms with E-state index in [-0.39, 0.29) is 24.9 Å². The maximum absolute atomic E-state index is 11.9. The molecule has 5 nitrogen and oxygen atoms in total. The van der Waals surface area contributed by atoms with E-state index in [0.717, 1.165) is 12.8 Å². The van der Waals surface area contributed by atoms with Gasteiger partial charge in [0.25, 0.3) is 0 Å². The molecule has 0 saturated carbocycles. The normalized spacial score (nSPS) is 18.1. The van der Waals surface area contributed by atoms with Gasteiger partial charge in [-0.15, -0.1) is 0 Å². The van der Waals surface area contributed by atoms with E-state index in [1.54, 1.807) is 6.92 Å². The second-order valence-electron chi connectivity index (χ2n) is 6.81. The number of esters is 1. The summed E-state index contributed by atoms with van der Waals surface area (Å²) in [5.74, 6) is -1.10. The van der Waals surface area contributed by atoms with Gasteiger partial charge >= 0.3 is 5.97 Å².